The van der Waals surface area contributed by atoms with Crippen LogP contribution in [0.25, 0.3) is 10.9 Å². The van der Waals surface area contributed by atoms with Crippen molar-refractivity contribution in [3.05, 3.63) is 34.4 Å². The van der Waals surface area contributed by atoms with Crippen LogP contribution in [0.3, 0.4) is 0 Å². The number of carbonyl (C=O) groups excluding carboxylic acids is 2. The molecule has 2 unspecified atom stereocenters. The Hall–Kier alpha value is -2.95. The molecule has 1 aromatic heterocycles. The summed E-state index contributed by atoms with van der Waals surface area (Å²) in [5, 5.41) is 9.07. The van der Waals surface area contributed by atoms with Gasteiger partial charge in [0.25, 0.3) is 5.56 Å². The molecule has 4 atom stereocenters. The Labute approximate surface area is 244 Å². The summed E-state index contributed by atoms with van der Waals surface area (Å²) in [6.45, 7) is 8.90. The summed E-state index contributed by atoms with van der Waals surface area (Å²) in [5.74, 6) is -2.13. The molecule has 2 heterocycles. The maximum atomic E-state index is 13.9. The second kappa shape index (κ2) is 11.6. The fourth-order valence-corrected chi connectivity index (χ4v) is 7.60. The van der Waals surface area contributed by atoms with Gasteiger partial charge in [0, 0.05) is 24.7 Å². The van der Waals surface area contributed by atoms with E-state index in [1.54, 1.807) is 12.1 Å². The zero-order valence-electron chi connectivity index (χ0n) is 24.7. The summed E-state index contributed by atoms with van der Waals surface area (Å²) >= 11 is 0. The number of benzene rings is 1. The predicted molar refractivity (Wildman–Crippen MR) is 155 cm³/mol. The lowest BCUT2D eigenvalue weighted by Gasteiger charge is -2.39. The standard InChI is InChI=1S/C31H42F3N5O3/c1-29(2)19-14-15-30(29,3)23(18-19)36-17-8-6-4-5-7-16-35-20-10-9-11-21-25(20)27(42)39(28(37-21)31(32,33)34)22-12-13-24(40)38-26(22)41/h9-11,19,22-23,35-36H,4-8,12-18H2,1-3H3,(H,38,40,41)/t19-,22?,23?,30+/m1/s1. The number of anilines is 1. The number of nitrogens with zero attached hydrogens (tertiary/aromatic N) is 2. The van der Waals surface area contributed by atoms with Gasteiger partial charge in [0.1, 0.15) is 6.04 Å². The van der Waals surface area contributed by atoms with Gasteiger partial charge in [0.05, 0.1) is 10.9 Å². The summed E-state index contributed by atoms with van der Waals surface area (Å²) in [4.78, 5) is 41.2. The lowest BCUT2D eigenvalue weighted by molar-refractivity contribution is -0.150. The molecule has 3 fully saturated rings. The van der Waals surface area contributed by atoms with Gasteiger partial charge in [0.15, 0.2) is 0 Å². The van der Waals surface area contributed by atoms with E-state index < -0.39 is 35.4 Å². The van der Waals surface area contributed by atoms with Gasteiger partial charge in [-0.1, -0.05) is 46.1 Å². The molecule has 230 valence electrons. The molecule has 1 saturated heterocycles. The molecule has 3 N–H and O–H groups in total. The second-order valence-corrected chi connectivity index (χ2v) is 13.1. The van der Waals surface area contributed by atoms with Gasteiger partial charge in [-0.05, 0) is 74.0 Å². The third kappa shape index (κ3) is 5.56. The minimum atomic E-state index is -4.96. The number of aromatic nitrogens is 2. The minimum Gasteiger partial charge on any atom is -0.384 e. The molecule has 8 nitrogen and oxygen atoms in total. The number of imide groups is 1. The highest BCUT2D eigenvalue weighted by Crippen LogP contribution is 2.65. The first-order valence-corrected chi connectivity index (χ1v) is 15.3. The maximum absolute atomic E-state index is 13.9. The molecule has 0 radical (unpaired) electrons. The summed E-state index contributed by atoms with van der Waals surface area (Å²) in [6.07, 6.45) is 3.80. The number of piperidine rings is 1. The Kier molecular flexibility index (Phi) is 8.44. The first kappa shape index (κ1) is 30.5. The van der Waals surface area contributed by atoms with Crippen LogP contribution in [0.15, 0.2) is 23.0 Å². The van der Waals surface area contributed by atoms with E-state index in [0.29, 0.717) is 33.7 Å². The van der Waals surface area contributed by atoms with Crippen LogP contribution >= 0.6 is 0 Å². The molecule has 1 aromatic carbocycles. The van der Waals surface area contributed by atoms with Crippen molar-refractivity contribution in [1.29, 1.82) is 0 Å². The van der Waals surface area contributed by atoms with E-state index >= 15 is 0 Å². The number of amides is 2. The number of hydrogen-bond donors (Lipinski definition) is 3. The summed E-state index contributed by atoms with van der Waals surface area (Å²) in [6, 6.07) is 3.69. The van der Waals surface area contributed by atoms with Crippen molar-refractivity contribution in [2.45, 2.75) is 103 Å². The van der Waals surface area contributed by atoms with Gasteiger partial charge in [-0.25, -0.2) is 4.98 Å². The molecule has 42 heavy (non-hydrogen) atoms. The number of carbonyl (C=O) groups is 2. The summed E-state index contributed by atoms with van der Waals surface area (Å²) in [5.41, 5.74) is 0.133. The van der Waals surface area contributed by atoms with Crippen LogP contribution in [0.2, 0.25) is 0 Å². The average molecular weight is 590 g/mol. The quantitative estimate of drug-likeness (QED) is 0.234. The molecule has 2 aliphatic carbocycles. The Balaban J connectivity index is 1.15. The zero-order chi connectivity index (χ0) is 30.3. The fourth-order valence-electron chi connectivity index (χ4n) is 7.60. The van der Waals surface area contributed by atoms with Crippen molar-refractivity contribution < 1.29 is 22.8 Å². The monoisotopic (exact) mass is 589 g/mol. The van der Waals surface area contributed by atoms with Crippen LogP contribution in [0, 0.1) is 16.7 Å². The Bertz CT molecular complexity index is 1400. The fraction of sp³-hybridized carbons (Fsp3) is 0.677. The first-order chi connectivity index (χ1) is 19.8. The number of hydrogen-bond acceptors (Lipinski definition) is 6. The smallest absolute Gasteiger partial charge is 0.384 e. The zero-order valence-corrected chi connectivity index (χ0v) is 24.7. The SMILES string of the molecule is CC1(C)[C@@H]2CC[C@@]1(C)C(NCCCCCCCNc1cccc3nc(C(F)(F)F)n(C4CCC(=O)NC4=O)c(=O)c13)C2. The topological polar surface area (TPSA) is 105 Å². The second-order valence-electron chi connectivity index (χ2n) is 13.1. The molecule has 3 aliphatic rings. The molecule has 2 bridgehead atoms. The van der Waals surface area contributed by atoms with E-state index in [4.69, 9.17) is 0 Å². The van der Waals surface area contributed by atoms with Gasteiger partial charge in [-0.2, -0.15) is 13.2 Å². The average Bonchev–Trinajstić information content (AvgIpc) is 3.25. The molecular formula is C31H42F3N5O3. The van der Waals surface area contributed by atoms with Crippen molar-refractivity contribution in [3.8, 4) is 0 Å². The Morgan fingerprint density at radius 3 is 2.38 bits per heavy atom. The van der Waals surface area contributed by atoms with Crippen LogP contribution in [0.4, 0.5) is 18.9 Å². The van der Waals surface area contributed by atoms with Gasteiger partial charge in [0.2, 0.25) is 17.6 Å². The van der Waals surface area contributed by atoms with Crippen LogP contribution in [0.1, 0.15) is 96.8 Å². The highest BCUT2D eigenvalue weighted by molar-refractivity contribution is 5.99. The van der Waals surface area contributed by atoms with Crippen LogP contribution in [-0.2, 0) is 15.8 Å². The Morgan fingerprint density at radius 1 is 1.02 bits per heavy atom. The van der Waals surface area contributed by atoms with Gasteiger partial charge in [-0.15, -0.1) is 0 Å². The normalized spacial score (nSPS) is 27.0. The number of fused-ring (bicyclic) bond motifs is 3. The lowest BCUT2D eigenvalue weighted by Crippen LogP contribution is -2.46. The van der Waals surface area contributed by atoms with Crippen molar-refractivity contribution in [1.82, 2.24) is 20.2 Å². The number of nitrogens with one attached hydrogen (secondary N) is 3. The van der Waals surface area contributed by atoms with Crippen molar-refractivity contribution in [2.75, 3.05) is 18.4 Å². The van der Waals surface area contributed by atoms with E-state index in [9.17, 15) is 27.6 Å². The molecule has 2 saturated carbocycles. The number of alkyl halides is 3. The van der Waals surface area contributed by atoms with Crippen molar-refractivity contribution in [3.63, 3.8) is 0 Å². The van der Waals surface area contributed by atoms with Crippen LogP contribution < -0.4 is 21.5 Å². The largest absolute Gasteiger partial charge is 0.449 e. The molecule has 5 rings (SSSR count). The van der Waals surface area contributed by atoms with Gasteiger partial charge in [-0.3, -0.25) is 24.3 Å². The van der Waals surface area contributed by atoms with Gasteiger partial charge >= 0.3 is 6.18 Å². The predicted octanol–water partition coefficient (Wildman–Crippen LogP) is 5.56. The van der Waals surface area contributed by atoms with Crippen LogP contribution in [0.5, 0.6) is 0 Å². The van der Waals surface area contributed by atoms with E-state index in [2.05, 4.69) is 36.4 Å². The van der Waals surface area contributed by atoms with E-state index in [-0.39, 0.29) is 23.7 Å². The molecule has 1 aliphatic heterocycles. The third-order valence-electron chi connectivity index (χ3n) is 10.6. The summed E-state index contributed by atoms with van der Waals surface area (Å²) in [7, 11) is 0. The third-order valence-corrected chi connectivity index (χ3v) is 10.6. The minimum absolute atomic E-state index is 0.00115. The molecule has 2 aromatic rings. The van der Waals surface area contributed by atoms with E-state index in [1.165, 1.54) is 25.3 Å². The number of unbranched alkanes of at least 4 members (excludes halogenated alkanes) is 4. The summed E-state index contributed by atoms with van der Waals surface area (Å²) < 4.78 is 42.2. The van der Waals surface area contributed by atoms with Crippen molar-refractivity contribution >= 4 is 28.4 Å². The van der Waals surface area contributed by atoms with Crippen LogP contribution in [-0.4, -0.2) is 40.5 Å². The first-order valence-electron chi connectivity index (χ1n) is 15.3. The highest BCUT2D eigenvalue weighted by atomic mass is 19.4. The molecule has 0 spiro atoms. The number of halogens is 3. The molecular weight excluding hydrogens is 547 g/mol. The highest BCUT2D eigenvalue weighted by Gasteiger charge is 2.60. The maximum Gasteiger partial charge on any atom is 0.449 e. The lowest BCUT2D eigenvalue weighted by atomic mass is 9.69. The van der Waals surface area contributed by atoms with E-state index in [1.807, 2.05) is 5.32 Å². The van der Waals surface area contributed by atoms with Gasteiger partial charge < -0.3 is 10.6 Å². The Morgan fingerprint density at radius 2 is 1.74 bits per heavy atom. The molecule has 2 amide bonds. The van der Waals surface area contributed by atoms with E-state index in [0.717, 1.165) is 44.6 Å². The van der Waals surface area contributed by atoms with Crippen molar-refractivity contribution in [2.24, 2.45) is 16.7 Å². The molecule has 11 heteroatoms. The number of rotatable bonds is 11.